The third-order valence-electron chi connectivity index (χ3n) is 6.21. The van der Waals surface area contributed by atoms with Crippen LogP contribution in [0.1, 0.15) is 31.9 Å². The van der Waals surface area contributed by atoms with Gasteiger partial charge >= 0.3 is 0 Å². The van der Waals surface area contributed by atoms with Crippen LogP contribution in [0.25, 0.3) is 53.2 Å². The zero-order valence-electron chi connectivity index (χ0n) is 18.1. The summed E-state index contributed by atoms with van der Waals surface area (Å²) in [6.07, 6.45) is 3.80. The maximum Gasteiger partial charge on any atom is 0.134 e. The maximum absolute atomic E-state index is 5.83. The van der Waals surface area contributed by atoms with E-state index in [9.17, 15) is 0 Å². The number of hydrogen-bond donors (Lipinski definition) is 0. The second-order valence-corrected chi connectivity index (χ2v) is 10.4. The molecule has 0 amide bonds. The molecule has 0 fully saturated rings. The summed E-state index contributed by atoms with van der Waals surface area (Å²) in [5.74, 6) is 0. The van der Waals surface area contributed by atoms with Crippen molar-refractivity contribution in [2.45, 2.75) is 33.1 Å². The van der Waals surface area contributed by atoms with E-state index in [0.717, 1.165) is 11.3 Å². The highest BCUT2D eigenvalue weighted by molar-refractivity contribution is 7.26. The molecule has 0 radical (unpaired) electrons. The molecule has 31 heavy (non-hydrogen) atoms. The van der Waals surface area contributed by atoms with Crippen molar-refractivity contribution in [1.29, 1.82) is 0 Å². The summed E-state index contributed by atoms with van der Waals surface area (Å²) in [6, 6.07) is 19.7. The summed E-state index contributed by atoms with van der Waals surface area (Å²) in [5, 5.41) is 6.27. The van der Waals surface area contributed by atoms with E-state index < -0.39 is 0 Å². The number of hydrogen-bond acceptors (Lipinski definition) is 3. The third-order valence-corrected chi connectivity index (χ3v) is 7.33. The van der Waals surface area contributed by atoms with Crippen molar-refractivity contribution in [3.63, 3.8) is 0 Å². The number of thiophene rings is 1. The normalized spacial score (nSPS) is 12.5. The summed E-state index contributed by atoms with van der Waals surface area (Å²) in [7, 11) is 0. The summed E-state index contributed by atoms with van der Waals surface area (Å²) in [4.78, 5) is 4.93. The lowest BCUT2D eigenvalue weighted by atomic mass is 9.82. The largest absolute Gasteiger partial charge is 0.464 e. The first-order valence-electron chi connectivity index (χ1n) is 10.6. The van der Waals surface area contributed by atoms with Crippen molar-refractivity contribution >= 4 is 53.3 Å². The van der Waals surface area contributed by atoms with E-state index in [1.54, 1.807) is 0 Å². The Morgan fingerprint density at radius 3 is 2.52 bits per heavy atom. The van der Waals surface area contributed by atoms with Gasteiger partial charge in [0, 0.05) is 37.3 Å². The number of benzene rings is 3. The number of nitrogens with zero attached hydrogens (tertiary/aromatic N) is 1. The molecule has 3 heterocycles. The first-order valence-corrected chi connectivity index (χ1v) is 11.4. The van der Waals surface area contributed by atoms with Gasteiger partial charge in [-0.2, -0.15) is 0 Å². The van der Waals surface area contributed by atoms with Crippen LogP contribution in [-0.4, -0.2) is 4.98 Å². The fraction of sp³-hybridized carbons (Fsp3) is 0.179. The fourth-order valence-corrected chi connectivity index (χ4v) is 5.88. The summed E-state index contributed by atoms with van der Waals surface area (Å²) < 4.78 is 8.36. The van der Waals surface area contributed by atoms with Gasteiger partial charge in [0.05, 0.1) is 12.0 Å². The van der Waals surface area contributed by atoms with Gasteiger partial charge in [0.2, 0.25) is 0 Å². The average molecular weight is 422 g/mol. The van der Waals surface area contributed by atoms with Crippen molar-refractivity contribution in [3.05, 3.63) is 78.2 Å². The molecule has 3 aromatic carbocycles. The lowest BCUT2D eigenvalue weighted by molar-refractivity contribution is 0.596. The van der Waals surface area contributed by atoms with Gasteiger partial charge in [-0.3, -0.25) is 4.98 Å². The number of fused-ring (bicyclic) bond motifs is 6. The Morgan fingerprint density at radius 1 is 0.871 bits per heavy atom. The number of pyridine rings is 1. The predicted molar refractivity (Wildman–Crippen MR) is 133 cm³/mol. The Labute approximate surface area is 185 Å². The number of aryl methyl sites for hydroxylation is 1. The molecule has 0 saturated heterocycles. The van der Waals surface area contributed by atoms with E-state index in [0.29, 0.717) is 0 Å². The van der Waals surface area contributed by atoms with Gasteiger partial charge in [0.15, 0.2) is 0 Å². The Kier molecular flexibility index (Phi) is 3.85. The fourth-order valence-electron chi connectivity index (χ4n) is 4.77. The zero-order chi connectivity index (χ0) is 21.3. The van der Waals surface area contributed by atoms with Crippen LogP contribution in [0.5, 0.6) is 0 Å². The summed E-state index contributed by atoms with van der Waals surface area (Å²) >= 11 is 1.83. The van der Waals surface area contributed by atoms with Crippen molar-refractivity contribution in [3.8, 4) is 11.3 Å². The van der Waals surface area contributed by atoms with Gasteiger partial charge in [0.25, 0.3) is 0 Å². The predicted octanol–water partition coefficient (Wildman–Crippen LogP) is 8.62. The molecule has 6 aromatic rings. The molecule has 0 saturated carbocycles. The number of furan rings is 1. The van der Waals surface area contributed by atoms with Gasteiger partial charge in [-0.05, 0) is 64.6 Å². The van der Waals surface area contributed by atoms with Gasteiger partial charge in [-0.15, -0.1) is 11.3 Å². The van der Waals surface area contributed by atoms with E-state index in [1.807, 2.05) is 23.8 Å². The molecule has 0 unspecified atom stereocenters. The van der Waals surface area contributed by atoms with Gasteiger partial charge in [0.1, 0.15) is 5.58 Å². The van der Waals surface area contributed by atoms with Crippen LogP contribution in [0.4, 0.5) is 0 Å². The highest BCUT2D eigenvalue weighted by Crippen LogP contribution is 2.44. The standard InChI is InChI=1S/C28H23NOS/c1-16-15-30-21-9-10-22-25(24(16)21)26-23(31-22)11-12-29-27(26)18-13-17-7-5-6-8-19(17)20(14-18)28(2,3)4/h5-15H,1-4H3. The minimum atomic E-state index is 0.0363. The second-order valence-electron chi connectivity index (χ2n) is 9.36. The van der Waals surface area contributed by atoms with E-state index in [-0.39, 0.29) is 5.41 Å². The Morgan fingerprint density at radius 2 is 1.68 bits per heavy atom. The molecule has 0 bridgehead atoms. The molecule has 3 heteroatoms. The van der Waals surface area contributed by atoms with Crippen molar-refractivity contribution in [2.75, 3.05) is 0 Å². The molecule has 0 atom stereocenters. The number of aromatic nitrogens is 1. The lowest BCUT2D eigenvalue weighted by Gasteiger charge is -2.23. The zero-order valence-corrected chi connectivity index (χ0v) is 18.9. The number of rotatable bonds is 1. The van der Waals surface area contributed by atoms with E-state index in [4.69, 9.17) is 9.40 Å². The quantitative estimate of drug-likeness (QED) is 0.265. The van der Waals surface area contributed by atoms with E-state index in [1.165, 1.54) is 53.0 Å². The molecule has 0 spiro atoms. The first-order chi connectivity index (χ1) is 14.9. The summed E-state index contributed by atoms with van der Waals surface area (Å²) in [6.45, 7) is 8.97. The Hall–Kier alpha value is -3.17. The molecule has 0 N–H and O–H groups in total. The first kappa shape index (κ1) is 18.6. The van der Waals surface area contributed by atoms with Crippen molar-refractivity contribution in [2.24, 2.45) is 0 Å². The van der Waals surface area contributed by atoms with Gasteiger partial charge < -0.3 is 4.42 Å². The molecule has 0 aliphatic heterocycles. The van der Waals surface area contributed by atoms with Gasteiger partial charge in [-0.1, -0.05) is 45.0 Å². The topological polar surface area (TPSA) is 26.0 Å². The van der Waals surface area contributed by atoms with Crippen LogP contribution in [-0.2, 0) is 5.41 Å². The van der Waals surface area contributed by atoms with Crippen LogP contribution in [0.3, 0.4) is 0 Å². The molecule has 0 aliphatic rings. The maximum atomic E-state index is 5.83. The van der Waals surface area contributed by atoms with Gasteiger partial charge in [-0.25, -0.2) is 0 Å². The van der Waals surface area contributed by atoms with Crippen LogP contribution in [0.2, 0.25) is 0 Å². The minimum Gasteiger partial charge on any atom is -0.464 e. The summed E-state index contributed by atoms with van der Waals surface area (Å²) in [5.41, 5.74) is 5.72. The highest BCUT2D eigenvalue weighted by Gasteiger charge is 2.21. The average Bonchev–Trinajstić information content (AvgIpc) is 3.32. The minimum absolute atomic E-state index is 0.0363. The van der Waals surface area contributed by atoms with E-state index in [2.05, 4.69) is 82.3 Å². The molecule has 152 valence electrons. The molecule has 6 rings (SSSR count). The highest BCUT2D eigenvalue weighted by atomic mass is 32.1. The molecule has 2 nitrogen and oxygen atoms in total. The van der Waals surface area contributed by atoms with Crippen molar-refractivity contribution < 1.29 is 4.42 Å². The smallest absolute Gasteiger partial charge is 0.134 e. The van der Waals surface area contributed by atoms with Crippen LogP contribution in [0, 0.1) is 6.92 Å². The van der Waals surface area contributed by atoms with Crippen molar-refractivity contribution in [1.82, 2.24) is 4.98 Å². The molecular formula is C28H23NOS. The molecule has 3 aromatic heterocycles. The van der Waals surface area contributed by atoms with E-state index >= 15 is 0 Å². The second kappa shape index (κ2) is 6.41. The van der Waals surface area contributed by atoms with Crippen LogP contribution in [0.15, 0.2) is 71.5 Å². The monoisotopic (exact) mass is 421 g/mol. The Bertz CT molecular complexity index is 1630. The van der Waals surface area contributed by atoms with Crippen LogP contribution >= 0.6 is 11.3 Å². The lowest BCUT2D eigenvalue weighted by Crippen LogP contribution is -2.12. The SMILES string of the molecule is Cc1coc2ccc3sc4ccnc(-c5cc(C(C)(C)C)c6ccccc6c5)c4c3c12. The molecule has 0 aliphatic carbocycles. The van der Waals surface area contributed by atoms with Crippen LogP contribution < -0.4 is 0 Å². The third kappa shape index (κ3) is 2.73. The molecular weight excluding hydrogens is 398 g/mol. The Balaban J connectivity index is 1.78.